The fourth-order valence-corrected chi connectivity index (χ4v) is 1.48. The number of hydrogen-bond donors (Lipinski definition) is 3. The van der Waals surface area contributed by atoms with E-state index in [0.29, 0.717) is 12.0 Å². The molecule has 0 aliphatic carbocycles. The van der Waals surface area contributed by atoms with Crippen molar-refractivity contribution in [2.75, 3.05) is 6.61 Å². The third kappa shape index (κ3) is 4.97. The van der Waals surface area contributed by atoms with Gasteiger partial charge >= 0.3 is 0 Å². The van der Waals surface area contributed by atoms with Crippen molar-refractivity contribution in [3.8, 4) is 5.75 Å². The lowest BCUT2D eigenvalue weighted by Crippen LogP contribution is -2.17. The molecule has 17 heavy (non-hydrogen) atoms. The summed E-state index contributed by atoms with van der Waals surface area (Å²) < 4.78 is 0.809. The highest BCUT2D eigenvalue weighted by Crippen LogP contribution is 2.19. The Hall–Kier alpha value is -1.40. The maximum Gasteiger partial charge on any atom is 0.240 e. The number of carbonyl (C=O) groups is 1. The van der Waals surface area contributed by atoms with Crippen molar-refractivity contribution in [2.45, 2.75) is 12.8 Å². The fraction of sp³-hybridized carbons (Fsp3) is 0.273. The summed E-state index contributed by atoms with van der Waals surface area (Å²) in [6.07, 6.45) is 1.98. The number of phenols is 1. The first-order valence-corrected chi connectivity index (χ1v) is 5.84. The summed E-state index contributed by atoms with van der Waals surface area (Å²) in [4.78, 5) is 11.1. The third-order valence-electron chi connectivity index (χ3n) is 1.94. The number of aliphatic hydroxyl groups is 1. The van der Waals surface area contributed by atoms with Crippen LogP contribution in [0.4, 0.5) is 0 Å². The monoisotopic (exact) mass is 300 g/mol. The molecule has 0 unspecified atom stereocenters. The first kappa shape index (κ1) is 13.7. The van der Waals surface area contributed by atoms with Gasteiger partial charge in [0.05, 0.1) is 6.21 Å². The number of hydrogen-bond acceptors (Lipinski definition) is 4. The van der Waals surface area contributed by atoms with E-state index in [4.69, 9.17) is 5.11 Å². The number of rotatable bonds is 5. The number of aliphatic hydroxyl groups excluding tert-OH is 1. The zero-order valence-electron chi connectivity index (χ0n) is 9.06. The summed E-state index contributed by atoms with van der Waals surface area (Å²) in [5.74, 6) is -0.189. The summed E-state index contributed by atoms with van der Waals surface area (Å²) in [5, 5.41) is 21.7. The van der Waals surface area contributed by atoms with Gasteiger partial charge in [-0.3, -0.25) is 4.79 Å². The Labute approximate surface area is 107 Å². The summed E-state index contributed by atoms with van der Waals surface area (Å²) >= 11 is 3.26. The lowest BCUT2D eigenvalue weighted by molar-refractivity contribution is -0.121. The predicted octanol–water partition coefficient (Wildman–Crippen LogP) is 1.38. The molecule has 0 saturated heterocycles. The zero-order chi connectivity index (χ0) is 12.7. The van der Waals surface area contributed by atoms with Crippen molar-refractivity contribution >= 4 is 28.1 Å². The van der Waals surface area contributed by atoms with Crippen molar-refractivity contribution in [2.24, 2.45) is 5.10 Å². The lowest BCUT2D eigenvalue weighted by atomic mass is 10.2. The molecule has 1 amide bonds. The third-order valence-corrected chi connectivity index (χ3v) is 2.44. The van der Waals surface area contributed by atoms with Gasteiger partial charge in [-0.15, -0.1) is 0 Å². The van der Waals surface area contributed by atoms with Gasteiger partial charge in [-0.05, 0) is 24.6 Å². The van der Waals surface area contributed by atoms with Crippen LogP contribution in [-0.2, 0) is 4.79 Å². The lowest BCUT2D eigenvalue weighted by Gasteiger charge is -2.00. The number of aromatic hydroxyl groups is 1. The molecule has 6 heteroatoms. The summed E-state index contributed by atoms with van der Waals surface area (Å²) in [7, 11) is 0. The molecule has 0 saturated carbocycles. The first-order chi connectivity index (χ1) is 8.13. The maximum absolute atomic E-state index is 11.1. The quantitative estimate of drug-likeness (QED) is 0.567. The molecule has 3 N–H and O–H groups in total. The smallest absolute Gasteiger partial charge is 0.240 e. The molecule has 0 aromatic heterocycles. The zero-order valence-corrected chi connectivity index (χ0v) is 10.6. The van der Waals surface area contributed by atoms with Gasteiger partial charge in [0.25, 0.3) is 0 Å². The molecule has 1 aromatic carbocycles. The summed E-state index contributed by atoms with van der Waals surface area (Å²) in [6, 6.07) is 4.91. The fourth-order valence-electron chi connectivity index (χ4n) is 1.10. The number of carbonyl (C=O) groups excluding carboxylic acids is 1. The number of phenolic OH excluding ortho intramolecular Hbond substituents is 1. The molecule has 0 bridgehead atoms. The average Bonchev–Trinajstić information content (AvgIpc) is 2.31. The van der Waals surface area contributed by atoms with E-state index in [1.807, 2.05) is 0 Å². The van der Waals surface area contributed by atoms with Gasteiger partial charge < -0.3 is 10.2 Å². The topological polar surface area (TPSA) is 81.9 Å². The molecule has 1 rings (SSSR count). The van der Waals surface area contributed by atoms with E-state index >= 15 is 0 Å². The highest BCUT2D eigenvalue weighted by molar-refractivity contribution is 9.10. The van der Waals surface area contributed by atoms with E-state index in [9.17, 15) is 9.90 Å². The van der Waals surface area contributed by atoms with Crippen LogP contribution in [0.15, 0.2) is 27.8 Å². The van der Waals surface area contributed by atoms with Crippen LogP contribution >= 0.6 is 15.9 Å². The Balaban J connectivity index is 2.53. The normalized spacial score (nSPS) is 10.7. The van der Waals surface area contributed by atoms with E-state index in [0.717, 1.165) is 4.47 Å². The summed E-state index contributed by atoms with van der Waals surface area (Å²) in [6.45, 7) is -0.0243. The van der Waals surface area contributed by atoms with Crippen LogP contribution in [0, 0.1) is 0 Å². The second kappa shape index (κ2) is 7.03. The van der Waals surface area contributed by atoms with Gasteiger partial charge in [-0.2, -0.15) is 5.10 Å². The molecule has 0 fully saturated rings. The van der Waals surface area contributed by atoms with Crippen LogP contribution in [-0.4, -0.2) is 28.9 Å². The molecule has 0 radical (unpaired) electrons. The number of nitrogens with one attached hydrogen (secondary N) is 1. The van der Waals surface area contributed by atoms with Crippen molar-refractivity contribution in [3.63, 3.8) is 0 Å². The second-order valence-electron chi connectivity index (χ2n) is 3.32. The Kier molecular flexibility index (Phi) is 5.65. The minimum Gasteiger partial charge on any atom is -0.507 e. The molecular formula is C11H13BrN2O3. The SMILES string of the molecule is O=C(CCCO)N/N=C/c1cc(Br)ccc1O. The molecule has 1 aromatic rings. The van der Waals surface area contributed by atoms with Gasteiger partial charge in [0.1, 0.15) is 5.75 Å². The highest BCUT2D eigenvalue weighted by atomic mass is 79.9. The van der Waals surface area contributed by atoms with E-state index < -0.39 is 0 Å². The second-order valence-corrected chi connectivity index (χ2v) is 4.24. The van der Waals surface area contributed by atoms with Crippen molar-refractivity contribution < 1.29 is 15.0 Å². The van der Waals surface area contributed by atoms with Crippen molar-refractivity contribution in [1.29, 1.82) is 0 Å². The molecule has 92 valence electrons. The average molecular weight is 301 g/mol. The number of halogens is 1. The molecule has 0 aliphatic heterocycles. The largest absolute Gasteiger partial charge is 0.507 e. The van der Waals surface area contributed by atoms with Crippen LogP contribution < -0.4 is 5.43 Å². The van der Waals surface area contributed by atoms with Crippen LogP contribution in [0.5, 0.6) is 5.75 Å². The van der Waals surface area contributed by atoms with Crippen LogP contribution in [0.2, 0.25) is 0 Å². The van der Waals surface area contributed by atoms with E-state index in [-0.39, 0.29) is 24.7 Å². The Bertz CT molecular complexity index is 421. The molecule has 0 atom stereocenters. The molecular weight excluding hydrogens is 288 g/mol. The maximum atomic E-state index is 11.1. The first-order valence-electron chi connectivity index (χ1n) is 5.05. The molecule has 0 heterocycles. The van der Waals surface area contributed by atoms with Crippen LogP contribution in [0.3, 0.4) is 0 Å². The van der Waals surface area contributed by atoms with Crippen molar-refractivity contribution in [1.82, 2.24) is 5.43 Å². The van der Waals surface area contributed by atoms with Gasteiger partial charge in [0.2, 0.25) is 5.91 Å². The van der Waals surface area contributed by atoms with Gasteiger partial charge in [-0.1, -0.05) is 15.9 Å². The van der Waals surface area contributed by atoms with Crippen molar-refractivity contribution in [3.05, 3.63) is 28.2 Å². The molecule has 0 spiro atoms. The van der Waals surface area contributed by atoms with Crippen LogP contribution in [0.25, 0.3) is 0 Å². The van der Waals surface area contributed by atoms with Gasteiger partial charge in [0, 0.05) is 23.1 Å². The van der Waals surface area contributed by atoms with E-state index in [1.54, 1.807) is 12.1 Å². The Morgan fingerprint density at radius 3 is 3.00 bits per heavy atom. The molecule has 5 nitrogen and oxygen atoms in total. The minimum atomic E-state index is -0.273. The standard InChI is InChI=1S/C11H13BrN2O3/c12-9-3-4-10(16)8(6-9)7-13-14-11(17)2-1-5-15/h3-4,6-7,15-16H,1-2,5H2,(H,14,17)/b13-7+. The predicted molar refractivity (Wildman–Crippen MR) is 67.9 cm³/mol. The van der Waals surface area contributed by atoms with Crippen LogP contribution in [0.1, 0.15) is 18.4 Å². The molecule has 0 aliphatic rings. The number of nitrogens with zero attached hydrogens (tertiary/aromatic N) is 1. The number of hydrazone groups is 1. The van der Waals surface area contributed by atoms with E-state index in [2.05, 4.69) is 26.5 Å². The number of amides is 1. The van der Waals surface area contributed by atoms with Gasteiger partial charge in [0.15, 0.2) is 0 Å². The minimum absolute atomic E-state index is 0.0243. The number of benzene rings is 1. The van der Waals surface area contributed by atoms with Gasteiger partial charge in [-0.25, -0.2) is 5.43 Å². The Morgan fingerprint density at radius 2 is 2.29 bits per heavy atom. The summed E-state index contributed by atoms with van der Waals surface area (Å²) in [5.41, 5.74) is 2.81. The van der Waals surface area contributed by atoms with E-state index in [1.165, 1.54) is 12.3 Å². The highest BCUT2D eigenvalue weighted by Gasteiger charge is 2.00. The Morgan fingerprint density at radius 1 is 1.53 bits per heavy atom.